The third-order valence-electron chi connectivity index (χ3n) is 8.57. The van der Waals surface area contributed by atoms with E-state index in [1.165, 1.54) is 4.90 Å². The molecular weight excluding hydrogens is 548 g/mol. The number of piperidine rings is 1. The molecule has 0 saturated carbocycles. The van der Waals surface area contributed by atoms with Crippen molar-refractivity contribution >= 4 is 11.9 Å². The first-order valence-electron chi connectivity index (χ1n) is 13.4. The van der Waals surface area contributed by atoms with Crippen molar-refractivity contribution in [2.24, 2.45) is 5.92 Å². The average Bonchev–Trinajstić information content (AvgIpc) is 3.40. The molecule has 2 saturated heterocycles. The van der Waals surface area contributed by atoms with Gasteiger partial charge in [0, 0.05) is 29.5 Å². The molecule has 1 aliphatic carbocycles. The molecule has 6 rings (SSSR count). The van der Waals surface area contributed by atoms with E-state index in [9.17, 15) is 35.9 Å². The molecule has 1 amide bonds. The molecule has 2 heterocycles. The van der Waals surface area contributed by atoms with E-state index in [1.807, 2.05) is 48.5 Å². The Kier molecular flexibility index (Phi) is 6.62. The molecule has 214 valence electrons. The molecule has 2 aliphatic heterocycles. The number of amides is 1. The second kappa shape index (κ2) is 9.92. The third kappa shape index (κ3) is 4.77. The van der Waals surface area contributed by atoms with E-state index in [0.29, 0.717) is 31.0 Å². The van der Waals surface area contributed by atoms with Gasteiger partial charge < -0.3 is 9.64 Å². The van der Waals surface area contributed by atoms with Gasteiger partial charge in [0.2, 0.25) is 0 Å². The zero-order chi connectivity index (χ0) is 29.1. The van der Waals surface area contributed by atoms with Crippen molar-refractivity contribution in [3.05, 3.63) is 94.5 Å². The van der Waals surface area contributed by atoms with Gasteiger partial charge >= 0.3 is 18.4 Å². The quantitative estimate of drug-likeness (QED) is 0.234. The Morgan fingerprint density at radius 3 is 1.71 bits per heavy atom. The molecule has 0 radical (unpaired) electrons. The van der Waals surface area contributed by atoms with E-state index in [-0.39, 0.29) is 25.4 Å². The first kappa shape index (κ1) is 27.4. The van der Waals surface area contributed by atoms with Crippen LogP contribution < -0.4 is 0 Å². The zero-order valence-corrected chi connectivity index (χ0v) is 21.6. The van der Waals surface area contributed by atoms with Gasteiger partial charge in [-0.05, 0) is 60.1 Å². The number of benzene rings is 3. The maximum absolute atomic E-state index is 13.7. The fourth-order valence-corrected chi connectivity index (χ4v) is 6.85. The second-order valence-electron chi connectivity index (χ2n) is 10.9. The summed E-state index contributed by atoms with van der Waals surface area (Å²) < 4.78 is 87.9. The van der Waals surface area contributed by atoms with Crippen molar-refractivity contribution in [3.8, 4) is 11.1 Å². The summed E-state index contributed by atoms with van der Waals surface area (Å²) in [6, 6.07) is 16.4. The Bertz CT molecular complexity index is 1420. The van der Waals surface area contributed by atoms with E-state index in [4.69, 9.17) is 4.74 Å². The molecular formula is C31H25F6NO3. The minimum atomic E-state index is -5.13. The van der Waals surface area contributed by atoms with Crippen LogP contribution >= 0.6 is 0 Å². The molecule has 10 heteroatoms. The lowest BCUT2D eigenvalue weighted by Gasteiger charge is -2.38. The molecule has 3 aromatic rings. The van der Waals surface area contributed by atoms with Gasteiger partial charge in [-0.25, -0.2) is 4.79 Å². The highest BCUT2D eigenvalue weighted by atomic mass is 19.4. The lowest BCUT2D eigenvalue weighted by molar-refractivity contribution is -0.143. The van der Waals surface area contributed by atoms with Crippen LogP contribution in [0.4, 0.5) is 31.1 Å². The number of fused-ring (bicyclic) bond motifs is 5. The summed E-state index contributed by atoms with van der Waals surface area (Å²) in [5, 5.41) is 0. The molecule has 41 heavy (non-hydrogen) atoms. The van der Waals surface area contributed by atoms with E-state index in [1.54, 1.807) is 0 Å². The predicted molar refractivity (Wildman–Crippen MR) is 137 cm³/mol. The van der Waals surface area contributed by atoms with Gasteiger partial charge in [-0.2, -0.15) is 26.3 Å². The summed E-state index contributed by atoms with van der Waals surface area (Å²) in [6.45, 7) is 0.0824. The Morgan fingerprint density at radius 1 is 0.732 bits per heavy atom. The average molecular weight is 574 g/mol. The Labute approximate surface area is 231 Å². The lowest BCUT2D eigenvalue weighted by Crippen LogP contribution is -2.48. The predicted octanol–water partition coefficient (Wildman–Crippen LogP) is 8.10. The number of alkyl halides is 6. The molecule has 0 aromatic heterocycles. The topological polar surface area (TPSA) is 46.6 Å². The fraction of sp³-hybridized carbons (Fsp3) is 0.355. The molecule has 2 unspecified atom stereocenters. The Hall–Kier alpha value is -3.82. The summed E-state index contributed by atoms with van der Waals surface area (Å²) in [6.07, 6.45) is -9.92. The highest BCUT2D eigenvalue weighted by molar-refractivity contribution is 6.01. The number of carbonyl (C=O) groups excluding carboxylic acids is 2. The zero-order valence-electron chi connectivity index (χ0n) is 21.6. The van der Waals surface area contributed by atoms with Crippen LogP contribution in [0.3, 0.4) is 0 Å². The summed E-state index contributed by atoms with van der Waals surface area (Å²) in [5.41, 5.74) is -0.310. The molecule has 0 spiro atoms. The van der Waals surface area contributed by atoms with Gasteiger partial charge in [-0.1, -0.05) is 54.6 Å². The molecule has 3 aromatic carbocycles. The molecule has 2 atom stereocenters. The van der Waals surface area contributed by atoms with Crippen LogP contribution in [0.5, 0.6) is 0 Å². The molecule has 2 fully saturated rings. The normalized spacial score (nSPS) is 21.9. The number of hydrogen-bond donors (Lipinski definition) is 0. The molecule has 3 aliphatic rings. The summed E-state index contributed by atoms with van der Waals surface area (Å²) in [7, 11) is 0. The SMILES string of the molecule is O=C(c1c(C(F)(F)F)cccc1C(F)(F)F)C1CC2CCC(C1)N2C(=O)OCC1c2ccccc2-c2ccccc21. The number of hydrogen-bond acceptors (Lipinski definition) is 3. The van der Waals surface area contributed by atoms with Crippen LogP contribution in [0.25, 0.3) is 11.1 Å². The van der Waals surface area contributed by atoms with Crippen LogP contribution in [-0.4, -0.2) is 35.5 Å². The Morgan fingerprint density at radius 2 is 1.22 bits per heavy atom. The first-order valence-corrected chi connectivity index (χ1v) is 13.4. The second-order valence-corrected chi connectivity index (χ2v) is 10.9. The maximum Gasteiger partial charge on any atom is 0.417 e. The molecule has 2 bridgehead atoms. The maximum atomic E-state index is 13.7. The highest BCUT2D eigenvalue weighted by Gasteiger charge is 2.49. The minimum Gasteiger partial charge on any atom is -0.448 e. The van der Waals surface area contributed by atoms with E-state index in [0.717, 1.165) is 22.3 Å². The summed E-state index contributed by atoms with van der Waals surface area (Å²) >= 11 is 0. The minimum absolute atomic E-state index is 0.0248. The van der Waals surface area contributed by atoms with Gasteiger partial charge in [-0.3, -0.25) is 4.79 Å². The van der Waals surface area contributed by atoms with Gasteiger partial charge in [0.1, 0.15) is 6.61 Å². The van der Waals surface area contributed by atoms with Crippen LogP contribution in [0, 0.1) is 5.92 Å². The number of halogens is 6. The standard InChI is InChI=1S/C31H25F6NO3/c32-30(33,34)25-10-5-11-26(31(35,36)37)27(25)28(39)17-14-18-12-13-19(15-17)38(18)29(40)41-16-24-22-8-3-1-6-20(22)21-7-2-4-9-23(21)24/h1-11,17-19,24H,12-16H2. The van der Waals surface area contributed by atoms with Gasteiger partial charge in [0.05, 0.1) is 11.1 Å². The monoisotopic (exact) mass is 573 g/mol. The van der Waals surface area contributed by atoms with Crippen molar-refractivity contribution in [2.45, 2.75) is 56.0 Å². The largest absolute Gasteiger partial charge is 0.448 e. The number of carbonyl (C=O) groups is 2. The van der Waals surface area contributed by atoms with Gasteiger partial charge in [0.25, 0.3) is 0 Å². The van der Waals surface area contributed by atoms with E-state index >= 15 is 0 Å². The van der Waals surface area contributed by atoms with Crippen LogP contribution in [0.1, 0.15) is 64.2 Å². The molecule has 4 nitrogen and oxygen atoms in total. The highest BCUT2D eigenvalue weighted by Crippen LogP contribution is 2.47. The van der Waals surface area contributed by atoms with Crippen LogP contribution in [0.2, 0.25) is 0 Å². The third-order valence-corrected chi connectivity index (χ3v) is 8.57. The number of ketones is 1. The van der Waals surface area contributed by atoms with Crippen molar-refractivity contribution in [1.29, 1.82) is 0 Å². The van der Waals surface area contributed by atoms with Gasteiger partial charge in [0.15, 0.2) is 5.78 Å². The van der Waals surface area contributed by atoms with E-state index < -0.39 is 58.9 Å². The number of rotatable bonds is 4. The van der Waals surface area contributed by atoms with Crippen LogP contribution in [-0.2, 0) is 17.1 Å². The first-order chi connectivity index (χ1) is 19.4. The van der Waals surface area contributed by atoms with Crippen molar-refractivity contribution in [3.63, 3.8) is 0 Å². The number of Topliss-reactive ketones (excluding diaryl/α,β-unsaturated/α-hetero) is 1. The van der Waals surface area contributed by atoms with Crippen molar-refractivity contribution in [1.82, 2.24) is 4.90 Å². The summed E-state index contributed by atoms with van der Waals surface area (Å²) in [4.78, 5) is 28.1. The fourth-order valence-electron chi connectivity index (χ4n) is 6.85. The van der Waals surface area contributed by atoms with Crippen molar-refractivity contribution in [2.75, 3.05) is 6.61 Å². The molecule has 0 N–H and O–H groups in total. The number of ether oxygens (including phenoxy) is 1. The van der Waals surface area contributed by atoms with Crippen molar-refractivity contribution < 1.29 is 40.7 Å². The Balaban J connectivity index is 1.20. The van der Waals surface area contributed by atoms with E-state index in [2.05, 4.69) is 0 Å². The smallest absolute Gasteiger partial charge is 0.417 e. The summed E-state index contributed by atoms with van der Waals surface area (Å²) in [5.74, 6) is -2.42. The van der Waals surface area contributed by atoms with Gasteiger partial charge in [-0.15, -0.1) is 0 Å². The van der Waals surface area contributed by atoms with Crippen LogP contribution in [0.15, 0.2) is 66.7 Å². The lowest BCUT2D eigenvalue weighted by atomic mass is 9.82. The number of nitrogens with zero attached hydrogens (tertiary/aromatic N) is 1.